The van der Waals surface area contributed by atoms with E-state index in [4.69, 9.17) is 9.11 Å². The van der Waals surface area contributed by atoms with Gasteiger partial charge in [0.2, 0.25) is 0 Å². The molecular formula is C18H20N2O6S2. The van der Waals surface area contributed by atoms with Crippen LogP contribution in [-0.2, 0) is 33.1 Å². The van der Waals surface area contributed by atoms with Crippen LogP contribution in [0.15, 0.2) is 36.4 Å². The highest BCUT2D eigenvalue weighted by Gasteiger charge is 2.12. The van der Waals surface area contributed by atoms with Gasteiger partial charge in [0.25, 0.3) is 20.2 Å². The van der Waals surface area contributed by atoms with Crippen LogP contribution in [0, 0.1) is 0 Å². The molecule has 0 fully saturated rings. The van der Waals surface area contributed by atoms with Crippen molar-refractivity contribution in [3.63, 3.8) is 0 Å². The van der Waals surface area contributed by atoms with Crippen LogP contribution >= 0.6 is 0 Å². The maximum Gasteiger partial charge on any atom is 0.264 e. The fourth-order valence-corrected chi connectivity index (χ4v) is 4.13. The van der Waals surface area contributed by atoms with Gasteiger partial charge in [0, 0.05) is 0 Å². The van der Waals surface area contributed by atoms with Gasteiger partial charge in [-0.25, -0.2) is 9.97 Å². The second-order valence-corrected chi connectivity index (χ2v) is 9.75. The minimum Gasteiger partial charge on any atom is -0.286 e. The van der Waals surface area contributed by atoms with Gasteiger partial charge in [0.05, 0.1) is 33.6 Å². The Bertz CT molecular complexity index is 1130. The highest BCUT2D eigenvalue weighted by Crippen LogP contribution is 2.23. The largest absolute Gasteiger partial charge is 0.286 e. The Morgan fingerprint density at radius 3 is 1.43 bits per heavy atom. The van der Waals surface area contributed by atoms with Gasteiger partial charge in [-0.1, -0.05) is 12.1 Å². The molecule has 0 aliphatic rings. The summed E-state index contributed by atoms with van der Waals surface area (Å²) in [4.78, 5) is 9.18. The van der Waals surface area contributed by atoms with Crippen molar-refractivity contribution in [2.24, 2.45) is 0 Å². The molecule has 2 N–H and O–H groups in total. The van der Waals surface area contributed by atoms with Crippen molar-refractivity contribution >= 4 is 42.3 Å². The van der Waals surface area contributed by atoms with Crippen molar-refractivity contribution < 1.29 is 25.9 Å². The predicted octanol–water partition coefficient (Wildman–Crippen LogP) is 2.42. The number of hydrogen-bond acceptors (Lipinski definition) is 6. The van der Waals surface area contributed by atoms with Crippen molar-refractivity contribution in [2.45, 2.75) is 25.7 Å². The van der Waals surface area contributed by atoms with Crippen molar-refractivity contribution in [3.05, 3.63) is 47.5 Å². The molecule has 0 unspecified atom stereocenters. The second kappa shape index (κ2) is 8.08. The van der Waals surface area contributed by atoms with E-state index in [1.807, 2.05) is 36.4 Å². The van der Waals surface area contributed by atoms with E-state index in [9.17, 15) is 16.8 Å². The summed E-state index contributed by atoms with van der Waals surface area (Å²) >= 11 is 0. The van der Waals surface area contributed by atoms with E-state index in [-0.39, 0.29) is 24.3 Å². The van der Waals surface area contributed by atoms with Gasteiger partial charge in [-0.05, 0) is 61.1 Å². The summed E-state index contributed by atoms with van der Waals surface area (Å²) < 4.78 is 61.8. The summed E-state index contributed by atoms with van der Waals surface area (Å²) in [5.41, 5.74) is 4.40. The standard InChI is InChI=1S/C18H20N2O6S2/c21-27(22,23)9-3-5-13-11-17-18(12-14(13)6-4-10-28(24,25)26)20-16-8-2-1-7-15(16)19-17/h1-2,7-8,11-12H,3-6,9-10H2,(H,21,22,23)(H,24,25,26). The Balaban J connectivity index is 1.96. The van der Waals surface area contributed by atoms with E-state index in [0.717, 1.165) is 22.2 Å². The number of para-hydroxylation sites is 2. The summed E-state index contributed by atoms with van der Waals surface area (Å²) in [5, 5.41) is 0. The second-order valence-electron chi connectivity index (χ2n) is 6.60. The van der Waals surface area contributed by atoms with Gasteiger partial charge < -0.3 is 0 Å². The van der Waals surface area contributed by atoms with E-state index in [1.165, 1.54) is 0 Å². The minimum absolute atomic E-state index is 0.219. The molecular weight excluding hydrogens is 404 g/mol. The van der Waals surface area contributed by atoms with Crippen LogP contribution in [0.2, 0.25) is 0 Å². The normalized spacial score (nSPS) is 12.6. The number of aryl methyl sites for hydroxylation is 2. The lowest BCUT2D eigenvalue weighted by Crippen LogP contribution is -2.08. The maximum absolute atomic E-state index is 11.0. The number of aromatic nitrogens is 2. The quantitative estimate of drug-likeness (QED) is 0.416. The topological polar surface area (TPSA) is 135 Å². The summed E-state index contributed by atoms with van der Waals surface area (Å²) in [6.07, 6.45) is 1.20. The highest BCUT2D eigenvalue weighted by atomic mass is 32.2. The first-order chi connectivity index (χ1) is 13.1. The zero-order chi connectivity index (χ0) is 20.4. The molecule has 0 amide bonds. The SMILES string of the molecule is O=S(=O)(O)CCCc1cc2nc3ccccc3nc2cc1CCCS(=O)(=O)O. The van der Waals surface area contributed by atoms with Gasteiger partial charge in [-0.15, -0.1) is 0 Å². The van der Waals surface area contributed by atoms with Crippen molar-refractivity contribution in [3.8, 4) is 0 Å². The Morgan fingerprint density at radius 2 is 1.07 bits per heavy atom. The first-order valence-corrected chi connectivity index (χ1v) is 11.9. The third kappa shape index (κ3) is 5.68. The number of fused-ring (bicyclic) bond motifs is 2. The van der Waals surface area contributed by atoms with Gasteiger partial charge in [-0.2, -0.15) is 16.8 Å². The predicted molar refractivity (Wildman–Crippen MR) is 107 cm³/mol. The smallest absolute Gasteiger partial charge is 0.264 e. The average Bonchev–Trinajstić information content (AvgIpc) is 2.58. The van der Waals surface area contributed by atoms with Crippen molar-refractivity contribution in [1.29, 1.82) is 0 Å². The molecule has 2 aromatic carbocycles. The summed E-state index contributed by atoms with van der Waals surface area (Å²) in [6.45, 7) is 0. The van der Waals surface area contributed by atoms with E-state index < -0.39 is 20.2 Å². The first-order valence-electron chi connectivity index (χ1n) is 8.69. The molecule has 10 heteroatoms. The molecule has 3 aromatic rings. The van der Waals surface area contributed by atoms with E-state index in [0.29, 0.717) is 23.9 Å². The molecule has 1 heterocycles. The Kier molecular flexibility index (Phi) is 5.94. The van der Waals surface area contributed by atoms with Gasteiger partial charge in [0.1, 0.15) is 0 Å². The number of benzene rings is 2. The molecule has 28 heavy (non-hydrogen) atoms. The van der Waals surface area contributed by atoms with E-state index in [2.05, 4.69) is 9.97 Å². The average molecular weight is 425 g/mol. The number of nitrogens with zero attached hydrogens (tertiary/aromatic N) is 2. The molecule has 0 saturated heterocycles. The first kappa shape index (κ1) is 20.6. The molecule has 0 aliphatic carbocycles. The number of rotatable bonds is 8. The van der Waals surface area contributed by atoms with E-state index >= 15 is 0 Å². The summed E-state index contributed by atoms with van der Waals surface area (Å²) in [6, 6.07) is 11.1. The van der Waals surface area contributed by atoms with Crippen LogP contribution in [0.25, 0.3) is 22.1 Å². The Morgan fingerprint density at radius 1 is 0.679 bits per heavy atom. The van der Waals surface area contributed by atoms with Crippen LogP contribution in [0.5, 0.6) is 0 Å². The van der Waals surface area contributed by atoms with Crippen molar-refractivity contribution in [1.82, 2.24) is 9.97 Å². The number of hydrogen-bond donors (Lipinski definition) is 2. The molecule has 0 spiro atoms. The molecule has 1 aromatic heterocycles. The molecule has 0 bridgehead atoms. The molecule has 0 atom stereocenters. The molecule has 0 saturated carbocycles. The third-order valence-electron chi connectivity index (χ3n) is 4.36. The summed E-state index contributed by atoms with van der Waals surface area (Å²) in [7, 11) is -8.11. The zero-order valence-electron chi connectivity index (χ0n) is 14.9. The molecule has 3 rings (SSSR count). The van der Waals surface area contributed by atoms with Crippen LogP contribution < -0.4 is 0 Å². The van der Waals surface area contributed by atoms with Crippen LogP contribution in [0.1, 0.15) is 24.0 Å². The maximum atomic E-state index is 11.0. The van der Waals surface area contributed by atoms with E-state index in [1.54, 1.807) is 0 Å². The van der Waals surface area contributed by atoms with Gasteiger partial charge >= 0.3 is 0 Å². The molecule has 0 aliphatic heterocycles. The lowest BCUT2D eigenvalue weighted by Gasteiger charge is -2.11. The molecule has 8 nitrogen and oxygen atoms in total. The van der Waals surface area contributed by atoms with Gasteiger partial charge in [-0.3, -0.25) is 9.11 Å². The summed E-state index contributed by atoms with van der Waals surface area (Å²) in [5.74, 6) is -0.724. The zero-order valence-corrected chi connectivity index (χ0v) is 16.6. The van der Waals surface area contributed by atoms with Crippen LogP contribution in [0.4, 0.5) is 0 Å². The van der Waals surface area contributed by atoms with Gasteiger partial charge in [0.15, 0.2) is 0 Å². The minimum atomic E-state index is -4.06. The molecule has 0 radical (unpaired) electrons. The third-order valence-corrected chi connectivity index (χ3v) is 5.97. The fraction of sp³-hybridized carbons (Fsp3) is 0.333. The van der Waals surface area contributed by atoms with Crippen molar-refractivity contribution in [2.75, 3.05) is 11.5 Å². The lowest BCUT2D eigenvalue weighted by molar-refractivity contribution is 0.478. The van der Waals surface area contributed by atoms with Crippen LogP contribution in [-0.4, -0.2) is 47.4 Å². The molecule has 150 valence electrons. The monoisotopic (exact) mass is 424 g/mol. The highest BCUT2D eigenvalue weighted by molar-refractivity contribution is 7.86. The lowest BCUT2D eigenvalue weighted by atomic mass is 9.98. The Hall–Kier alpha value is -2.14. The Labute approximate surface area is 163 Å². The fourth-order valence-electron chi connectivity index (χ4n) is 3.11. The van der Waals surface area contributed by atoms with Crippen LogP contribution in [0.3, 0.4) is 0 Å².